The second-order valence-corrected chi connectivity index (χ2v) is 3.47. The first kappa shape index (κ1) is 11.0. The van der Waals surface area contributed by atoms with Crippen molar-refractivity contribution in [1.82, 2.24) is 9.80 Å². The van der Waals surface area contributed by atoms with Gasteiger partial charge in [0.05, 0.1) is 18.6 Å². The molecule has 0 aromatic rings. The van der Waals surface area contributed by atoms with Crippen molar-refractivity contribution in [1.29, 1.82) is 0 Å². The molecule has 1 aliphatic rings. The number of carbonyl (C=O) groups is 2. The normalized spacial score (nSPS) is 27.2. The van der Waals surface area contributed by atoms with E-state index in [4.69, 9.17) is 4.74 Å². The molecule has 1 aliphatic heterocycles. The first-order chi connectivity index (χ1) is 6.63. The molecule has 5 heteroatoms. The number of hydrogen-bond donors (Lipinski definition) is 0. The minimum absolute atomic E-state index is 0.0582. The van der Waals surface area contributed by atoms with Crippen molar-refractivity contribution in [3.8, 4) is 0 Å². The van der Waals surface area contributed by atoms with Gasteiger partial charge in [-0.15, -0.1) is 0 Å². The third kappa shape index (κ3) is 1.72. The molecule has 1 saturated heterocycles. The SMILES string of the molecule is COCN1C(=O)N(CC=O)C(C)C1C. The summed E-state index contributed by atoms with van der Waals surface area (Å²) in [6.07, 6.45) is 0.747. The third-order valence-electron chi connectivity index (χ3n) is 2.71. The Balaban J connectivity index is 2.73. The van der Waals surface area contributed by atoms with E-state index in [9.17, 15) is 9.59 Å². The van der Waals surface area contributed by atoms with Crippen molar-refractivity contribution in [3.63, 3.8) is 0 Å². The van der Waals surface area contributed by atoms with Crippen LogP contribution in [-0.4, -0.2) is 54.6 Å². The van der Waals surface area contributed by atoms with Crippen molar-refractivity contribution >= 4 is 12.3 Å². The predicted molar refractivity (Wildman–Crippen MR) is 50.8 cm³/mol. The minimum atomic E-state index is -0.126. The van der Waals surface area contributed by atoms with Crippen LogP contribution in [0.15, 0.2) is 0 Å². The van der Waals surface area contributed by atoms with Gasteiger partial charge in [0.25, 0.3) is 0 Å². The number of nitrogens with zero attached hydrogens (tertiary/aromatic N) is 2. The van der Waals surface area contributed by atoms with Crippen LogP contribution in [0.3, 0.4) is 0 Å². The van der Waals surface area contributed by atoms with E-state index in [0.29, 0.717) is 0 Å². The molecule has 2 unspecified atom stereocenters. The minimum Gasteiger partial charge on any atom is -0.364 e. The van der Waals surface area contributed by atoms with Gasteiger partial charge in [-0.05, 0) is 13.8 Å². The van der Waals surface area contributed by atoms with Gasteiger partial charge in [-0.1, -0.05) is 0 Å². The first-order valence-electron chi connectivity index (χ1n) is 4.63. The lowest BCUT2D eigenvalue weighted by atomic mass is 10.2. The van der Waals surface area contributed by atoms with E-state index in [1.807, 2.05) is 13.8 Å². The molecule has 14 heavy (non-hydrogen) atoms. The summed E-state index contributed by atoms with van der Waals surface area (Å²) < 4.78 is 4.93. The number of rotatable bonds is 4. The Morgan fingerprint density at radius 3 is 2.43 bits per heavy atom. The fourth-order valence-electron chi connectivity index (χ4n) is 1.67. The van der Waals surface area contributed by atoms with E-state index in [-0.39, 0.29) is 31.4 Å². The summed E-state index contributed by atoms with van der Waals surface area (Å²) in [4.78, 5) is 25.3. The van der Waals surface area contributed by atoms with Gasteiger partial charge < -0.3 is 14.4 Å². The number of aldehydes is 1. The monoisotopic (exact) mass is 200 g/mol. The predicted octanol–water partition coefficient (Wildman–Crippen LogP) is 0.304. The Morgan fingerprint density at radius 1 is 1.36 bits per heavy atom. The van der Waals surface area contributed by atoms with Crippen LogP contribution in [0.4, 0.5) is 4.79 Å². The third-order valence-corrected chi connectivity index (χ3v) is 2.71. The van der Waals surface area contributed by atoms with E-state index >= 15 is 0 Å². The Kier molecular flexibility index (Phi) is 3.46. The molecule has 5 nitrogen and oxygen atoms in total. The molecule has 0 radical (unpaired) electrons. The van der Waals surface area contributed by atoms with Gasteiger partial charge in [-0.3, -0.25) is 4.90 Å². The Hall–Kier alpha value is -1.10. The highest BCUT2D eigenvalue weighted by Gasteiger charge is 2.40. The maximum Gasteiger partial charge on any atom is 0.322 e. The van der Waals surface area contributed by atoms with Crippen molar-refractivity contribution in [2.24, 2.45) is 0 Å². The van der Waals surface area contributed by atoms with Gasteiger partial charge in [-0.25, -0.2) is 4.79 Å². The van der Waals surface area contributed by atoms with E-state index in [0.717, 1.165) is 6.29 Å². The summed E-state index contributed by atoms with van der Waals surface area (Å²) in [6.45, 7) is 4.32. The van der Waals surface area contributed by atoms with Crippen molar-refractivity contribution in [2.75, 3.05) is 20.4 Å². The maximum absolute atomic E-state index is 11.7. The van der Waals surface area contributed by atoms with E-state index < -0.39 is 0 Å². The molecule has 2 amide bonds. The second-order valence-electron chi connectivity index (χ2n) is 3.47. The van der Waals surface area contributed by atoms with Crippen molar-refractivity contribution in [2.45, 2.75) is 25.9 Å². The van der Waals surface area contributed by atoms with Gasteiger partial charge in [0, 0.05) is 7.11 Å². The Morgan fingerprint density at radius 2 is 1.93 bits per heavy atom. The lowest BCUT2D eigenvalue weighted by Crippen LogP contribution is -2.35. The lowest BCUT2D eigenvalue weighted by Gasteiger charge is -2.19. The summed E-state index contributed by atoms with van der Waals surface area (Å²) >= 11 is 0. The highest BCUT2D eigenvalue weighted by molar-refractivity contribution is 5.80. The van der Waals surface area contributed by atoms with Crippen LogP contribution in [0.25, 0.3) is 0 Å². The van der Waals surface area contributed by atoms with Gasteiger partial charge in [0.15, 0.2) is 0 Å². The molecule has 0 aromatic carbocycles. The zero-order valence-corrected chi connectivity index (χ0v) is 8.77. The first-order valence-corrected chi connectivity index (χ1v) is 4.63. The van der Waals surface area contributed by atoms with Crippen LogP contribution in [-0.2, 0) is 9.53 Å². The van der Waals surface area contributed by atoms with Crippen LogP contribution in [0.2, 0.25) is 0 Å². The molecule has 0 aromatic heterocycles. The quantitative estimate of drug-likeness (QED) is 0.613. The van der Waals surface area contributed by atoms with Crippen LogP contribution < -0.4 is 0 Å². The Labute approximate surface area is 83.6 Å². The molecule has 0 N–H and O–H groups in total. The number of ether oxygens (including phenoxy) is 1. The standard InChI is InChI=1S/C9H16N2O3/c1-7-8(2)11(6-14-3)9(13)10(7)4-5-12/h5,7-8H,4,6H2,1-3H3. The number of carbonyl (C=O) groups excluding carboxylic acids is 2. The van der Waals surface area contributed by atoms with Crippen LogP contribution in [0.1, 0.15) is 13.8 Å². The molecule has 80 valence electrons. The van der Waals surface area contributed by atoms with Gasteiger partial charge >= 0.3 is 6.03 Å². The summed E-state index contributed by atoms with van der Waals surface area (Å²) in [5, 5.41) is 0. The van der Waals surface area contributed by atoms with Crippen molar-refractivity contribution < 1.29 is 14.3 Å². The van der Waals surface area contributed by atoms with Crippen LogP contribution in [0.5, 0.6) is 0 Å². The lowest BCUT2D eigenvalue weighted by molar-refractivity contribution is -0.108. The zero-order valence-electron chi connectivity index (χ0n) is 8.77. The highest BCUT2D eigenvalue weighted by Crippen LogP contribution is 2.21. The molecule has 2 atom stereocenters. The maximum atomic E-state index is 11.7. The molecule has 1 heterocycles. The smallest absolute Gasteiger partial charge is 0.322 e. The fourth-order valence-corrected chi connectivity index (χ4v) is 1.67. The molecule has 1 rings (SSSR count). The molecular formula is C9H16N2O3. The van der Waals surface area contributed by atoms with E-state index in [1.165, 1.54) is 0 Å². The molecule has 0 spiro atoms. The van der Waals surface area contributed by atoms with E-state index in [1.54, 1.807) is 16.9 Å². The van der Waals surface area contributed by atoms with Crippen LogP contribution >= 0.6 is 0 Å². The molecular weight excluding hydrogens is 184 g/mol. The summed E-state index contributed by atoms with van der Waals surface area (Å²) in [6, 6.07) is 0.0178. The summed E-state index contributed by atoms with van der Waals surface area (Å²) in [7, 11) is 1.55. The molecule has 0 bridgehead atoms. The zero-order chi connectivity index (χ0) is 10.7. The topological polar surface area (TPSA) is 49.9 Å². The van der Waals surface area contributed by atoms with Gasteiger partial charge in [0.1, 0.15) is 13.0 Å². The molecule has 0 saturated carbocycles. The van der Waals surface area contributed by atoms with Crippen LogP contribution in [0, 0.1) is 0 Å². The molecule has 1 fully saturated rings. The van der Waals surface area contributed by atoms with Gasteiger partial charge in [0.2, 0.25) is 0 Å². The average molecular weight is 200 g/mol. The number of urea groups is 1. The summed E-state index contributed by atoms with van der Waals surface area (Å²) in [5.41, 5.74) is 0. The average Bonchev–Trinajstić information content (AvgIpc) is 2.36. The molecule has 0 aliphatic carbocycles. The van der Waals surface area contributed by atoms with Crippen molar-refractivity contribution in [3.05, 3.63) is 0 Å². The van der Waals surface area contributed by atoms with E-state index in [2.05, 4.69) is 0 Å². The number of methoxy groups -OCH3 is 1. The van der Waals surface area contributed by atoms with Gasteiger partial charge in [-0.2, -0.15) is 0 Å². The number of amides is 2. The Bertz CT molecular complexity index is 232. The summed E-state index contributed by atoms with van der Waals surface area (Å²) in [5.74, 6) is 0. The second kappa shape index (κ2) is 4.41. The largest absolute Gasteiger partial charge is 0.364 e. The highest BCUT2D eigenvalue weighted by atomic mass is 16.5. The number of hydrogen-bond acceptors (Lipinski definition) is 3. The fraction of sp³-hybridized carbons (Fsp3) is 0.778.